The molecule has 0 spiro atoms. The van der Waals surface area contributed by atoms with E-state index in [4.69, 9.17) is 39.3 Å². The van der Waals surface area contributed by atoms with Gasteiger partial charge in [-0.1, -0.05) is 11.6 Å². The van der Waals surface area contributed by atoms with E-state index < -0.39 is 5.60 Å². The zero-order valence-corrected chi connectivity index (χ0v) is 16.3. The fourth-order valence-electron chi connectivity index (χ4n) is 2.43. The Kier molecular flexibility index (Phi) is 7.82. The van der Waals surface area contributed by atoms with Crippen LogP contribution in [-0.4, -0.2) is 41.9 Å². The Hall–Kier alpha value is -2.35. The van der Waals surface area contributed by atoms with Crippen molar-refractivity contribution in [2.45, 2.75) is 45.3 Å². The van der Waals surface area contributed by atoms with E-state index >= 15 is 0 Å². The van der Waals surface area contributed by atoms with Crippen molar-refractivity contribution in [1.29, 1.82) is 0 Å². The second-order valence-corrected chi connectivity index (χ2v) is 7.46. The molecule has 0 aliphatic carbocycles. The monoisotopic (exact) mass is 384 g/mol. The number of nitrogens with zero attached hydrogens (tertiary/aromatic N) is 2. The first-order valence-electron chi connectivity index (χ1n) is 8.34. The van der Waals surface area contributed by atoms with E-state index in [9.17, 15) is 4.79 Å². The molecule has 0 aromatic heterocycles. The molecular weight excluding hydrogens is 356 g/mol. The summed E-state index contributed by atoms with van der Waals surface area (Å²) in [4.78, 5) is 18.4. The minimum atomic E-state index is -0.533. The number of allylic oxidation sites excluding steroid dienone is 3. The van der Waals surface area contributed by atoms with Crippen molar-refractivity contribution < 1.29 is 9.53 Å². The van der Waals surface area contributed by atoms with E-state index in [-0.39, 0.29) is 23.1 Å². The maximum atomic E-state index is 12.2. The molecule has 1 amide bonds. The average Bonchev–Trinajstić information content (AvgIpc) is 2.52. The Bertz CT molecular complexity index is 626. The van der Waals surface area contributed by atoms with Crippen LogP contribution in [0.1, 0.15) is 33.6 Å². The Labute approximate surface area is 159 Å². The van der Waals surface area contributed by atoms with Crippen LogP contribution in [0.4, 0.5) is 4.79 Å². The third-order valence-corrected chi connectivity index (χ3v) is 3.67. The molecule has 8 nitrogen and oxygen atoms in total. The topological polar surface area (TPSA) is 146 Å². The third-order valence-electron chi connectivity index (χ3n) is 3.56. The van der Waals surface area contributed by atoms with Crippen LogP contribution >= 0.6 is 11.6 Å². The zero-order valence-electron chi connectivity index (χ0n) is 15.5. The Morgan fingerprint density at radius 1 is 1.31 bits per heavy atom. The SMILES string of the molecule is CC(C)(C)OC(=O)N1CCCC(N=C/C(=C\N)C(/C=C(\N)Cl)=C(N)N)C1. The number of aliphatic imine (C=N–C) groups is 1. The van der Waals surface area contributed by atoms with Crippen LogP contribution in [0.3, 0.4) is 0 Å². The van der Waals surface area contributed by atoms with Crippen molar-refractivity contribution in [2.75, 3.05) is 13.1 Å². The highest BCUT2D eigenvalue weighted by Crippen LogP contribution is 2.18. The van der Waals surface area contributed by atoms with Crippen LogP contribution in [0.15, 0.2) is 39.4 Å². The number of hydrogen-bond donors (Lipinski definition) is 4. The second-order valence-electron chi connectivity index (χ2n) is 7.02. The van der Waals surface area contributed by atoms with Gasteiger partial charge in [0.2, 0.25) is 0 Å². The van der Waals surface area contributed by atoms with Crippen LogP contribution < -0.4 is 22.9 Å². The van der Waals surface area contributed by atoms with Gasteiger partial charge >= 0.3 is 6.09 Å². The third kappa shape index (κ3) is 7.26. The minimum Gasteiger partial charge on any atom is -0.444 e. The number of carbonyl (C=O) groups excluding carboxylic acids is 1. The van der Waals surface area contributed by atoms with Gasteiger partial charge < -0.3 is 32.6 Å². The van der Waals surface area contributed by atoms with Crippen molar-refractivity contribution in [3.63, 3.8) is 0 Å². The normalized spacial score (nSPS) is 19.5. The maximum Gasteiger partial charge on any atom is 0.410 e. The zero-order chi connectivity index (χ0) is 19.9. The molecule has 1 heterocycles. The predicted octanol–water partition coefficient (Wildman–Crippen LogP) is 1.47. The first-order valence-corrected chi connectivity index (χ1v) is 8.72. The largest absolute Gasteiger partial charge is 0.444 e. The summed E-state index contributed by atoms with van der Waals surface area (Å²) in [5, 5.41) is 0.0231. The summed E-state index contributed by atoms with van der Waals surface area (Å²) in [5.41, 5.74) is 22.8. The van der Waals surface area contributed by atoms with Gasteiger partial charge in [-0.15, -0.1) is 0 Å². The van der Waals surface area contributed by atoms with E-state index in [1.165, 1.54) is 12.3 Å². The number of carbonyl (C=O) groups is 1. The molecule has 0 radical (unpaired) electrons. The summed E-state index contributed by atoms with van der Waals surface area (Å²) in [6, 6.07) is -0.0798. The molecule has 26 heavy (non-hydrogen) atoms. The van der Waals surface area contributed by atoms with Crippen LogP contribution in [0.5, 0.6) is 0 Å². The fraction of sp³-hybridized carbons (Fsp3) is 0.529. The molecule has 146 valence electrons. The molecule has 1 fully saturated rings. The lowest BCUT2D eigenvalue weighted by atomic mass is 10.1. The Morgan fingerprint density at radius 2 is 1.96 bits per heavy atom. The van der Waals surface area contributed by atoms with Gasteiger partial charge in [-0.2, -0.15) is 0 Å². The lowest BCUT2D eigenvalue weighted by Gasteiger charge is -2.32. The molecule has 1 atom stereocenters. The molecule has 0 saturated carbocycles. The summed E-state index contributed by atoms with van der Waals surface area (Å²) < 4.78 is 5.41. The van der Waals surface area contributed by atoms with Crippen molar-refractivity contribution in [2.24, 2.45) is 27.9 Å². The highest BCUT2D eigenvalue weighted by molar-refractivity contribution is 6.29. The Balaban J connectivity index is 2.85. The molecule has 0 bridgehead atoms. The summed E-state index contributed by atoms with van der Waals surface area (Å²) >= 11 is 5.70. The van der Waals surface area contributed by atoms with Gasteiger partial charge in [-0.25, -0.2) is 4.79 Å². The van der Waals surface area contributed by atoms with E-state index in [2.05, 4.69) is 4.99 Å². The molecule has 9 heteroatoms. The van der Waals surface area contributed by atoms with E-state index in [0.717, 1.165) is 12.8 Å². The first kappa shape index (κ1) is 21.7. The molecule has 1 rings (SSSR count). The number of amides is 1. The molecule has 0 aromatic carbocycles. The van der Waals surface area contributed by atoms with Gasteiger partial charge in [0, 0.05) is 36.7 Å². The summed E-state index contributed by atoms with van der Waals surface area (Å²) in [7, 11) is 0. The average molecular weight is 385 g/mol. The number of halogens is 1. The lowest BCUT2D eigenvalue weighted by molar-refractivity contribution is 0.0201. The smallest absolute Gasteiger partial charge is 0.410 e. The fourth-order valence-corrected chi connectivity index (χ4v) is 2.54. The highest BCUT2D eigenvalue weighted by Gasteiger charge is 2.27. The van der Waals surface area contributed by atoms with Gasteiger partial charge in [-0.3, -0.25) is 4.99 Å². The summed E-state index contributed by atoms with van der Waals surface area (Å²) in [6.07, 6.45) is 5.64. The van der Waals surface area contributed by atoms with Crippen molar-refractivity contribution in [3.05, 3.63) is 34.4 Å². The highest BCUT2D eigenvalue weighted by atomic mass is 35.5. The van der Waals surface area contributed by atoms with Crippen LogP contribution in [0, 0.1) is 0 Å². The minimum absolute atomic E-state index is 0.0231. The molecule has 8 N–H and O–H groups in total. The van der Waals surface area contributed by atoms with Crippen LogP contribution in [0.2, 0.25) is 0 Å². The predicted molar refractivity (Wildman–Crippen MR) is 105 cm³/mol. The van der Waals surface area contributed by atoms with E-state index in [1.54, 1.807) is 11.1 Å². The molecule has 1 aliphatic rings. The first-order chi connectivity index (χ1) is 12.0. The van der Waals surface area contributed by atoms with Gasteiger partial charge in [-0.05, 0) is 39.7 Å². The van der Waals surface area contributed by atoms with Crippen molar-refractivity contribution >= 4 is 23.9 Å². The second kappa shape index (κ2) is 9.38. The van der Waals surface area contributed by atoms with Gasteiger partial charge in [0.05, 0.1) is 11.2 Å². The van der Waals surface area contributed by atoms with Crippen molar-refractivity contribution in [1.82, 2.24) is 4.90 Å². The van der Waals surface area contributed by atoms with Gasteiger partial charge in [0.1, 0.15) is 11.4 Å². The number of piperidine rings is 1. The van der Waals surface area contributed by atoms with E-state index in [1.807, 2.05) is 20.8 Å². The van der Waals surface area contributed by atoms with Crippen molar-refractivity contribution in [3.8, 4) is 0 Å². The summed E-state index contributed by atoms with van der Waals surface area (Å²) in [6.45, 7) is 6.62. The lowest BCUT2D eigenvalue weighted by Crippen LogP contribution is -2.44. The number of ether oxygens (including phenoxy) is 1. The number of hydrogen-bond acceptors (Lipinski definition) is 7. The number of likely N-dealkylation sites (tertiary alicyclic amines) is 1. The molecular formula is C17H29ClN6O2. The quantitative estimate of drug-likeness (QED) is 0.328. The van der Waals surface area contributed by atoms with Gasteiger partial charge in [0.15, 0.2) is 0 Å². The van der Waals surface area contributed by atoms with Gasteiger partial charge in [0.25, 0.3) is 0 Å². The molecule has 1 saturated heterocycles. The van der Waals surface area contributed by atoms with Crippen LogP contribution in [0.25, 0.3) is 0 Å². The maximum absolute atomic E-state index is 12.2. The van der Waals surface area contributed by atoms with E-state index in [0.29, 0.717) is 24.2 Å². The Morgan fingerprint density at radius 3 is 2.46 bits per heavy atom. The summed E-state index contributed by atoms with van der Waals surface area (Å²) in [5.74, 6) is 0.0239. The number of nitrogens with two attached hydrogens (primary N) is 4. The standard InChI is InChI=1S/C17H29ClN6O2/c1-17(2,3)26-16(25)24-6-4-5-12(10-24)23-9-11(8-19)13(15(21)22)7-14(18)20/h7-9,12H,4-6,10,19-22H2,1-3H3/b11-8+,14-7-,23-9?. The number of rotatable bonds is 4. The van der Waals surface area contributed by atoms with Crippen LogP contribution in [-0.2, 0) is 4.74 Å². The molecule has 0 aromatic rings. The molecule has 1 aliphatic heterocycles. The molecule has 1 unspecified atom stereocenters.